The van der Waals surface area contributed by atoms with Crippen molar-refractivity contribution in [3.05, 3.63) is 59.2 Å². The third-order valence-electron chi connectivity index (χ3n) is 4.45. The van der Waals surface area contributed by atoms with E-state index in [0.717, 1.165) is 28.2 Å². The van der Waals surface area contributed by atoms with Crippen LogP contribution in [0.25, 0.3) is 0 Å². The van der Waals surface area contributed by atoms with E-state index in [9.17, 15) is 4.79 Å². The standard InChI is InChI=1S/C21H27NO3/c1-6-18(25-19-13-9-10-14(2)15(19)3)21(23)22-16(4)17-11-7-8-12-20(17)24-5/h7-13,16,18H,6H2,1-5H3,(H,22,23)/t16-,18-/m0/s1. The fraction of sp³-hybridized carbons (Fsp3) is 0.381. The quantitative estimate of drug-likeness (QED) is 0.814. The molecule has 25 heavy (non-hydrogen) atoms. The molecule has 0 heterocycles. The molecule has 134 valence electrons. The molecule has 1 N–H and O–H groups in total. The third kappa shape index (κ3) is 4.53. The van der Waals surface area contributed by atoms with Crippen LogP contribution in [0.1, 0.15) is 43.0 Å². The number of rotatable bonds is 7. The minimum Gasteiger partial charge on any atom is -0.496 e. The van der Waals surface area contributed by atoms with Gasteiger partial charge in [-0.05, 0) is 50.5 Å². The topological polar surface area (TPSA) is 47.6 Å². The molecule has 0 aliphatic rings. The van der Waals surface area contributed by atoms with E-state index in [1.54, 1.807) is 7.11 Å². The molecular formula is C21H27NO3. The minimum atomic E-state index is -0.530. The molecule has 0 aromatic heterocycles. The maximum absolute atomic E-state index is 12.7. The Balaban J connectivity index is 2.10. The van der Waals surface area contributed by atoms with Crippen LogP contribution in [0.3, 0.4) is 0 Å². The lowest BCUT2D eigenvalue weighted by atomic mass is 10.1. The Morgan fingerprint density at radius 1 is 1.08 bits per heavy atom. The van der Waals surface area contributed by atoms with E-state index < -0.39 is 6.10 Å². The van der Waals surface area contributed by atoms with Gasteiger partial charge < -0.3 is 14.8 Å². The zero-order valence-electron chi connectivity index (χ0n) is 15.6. The van der Waals surface area contributed by atoms with Crippen molar-refractivity contribution in [2.75, 3.05) is 7.11 Å². The van der Waals surface area contributed by atoms with Gasteiger partial charge in [0, 0.05) is 5.56 Å². The molecular weight excluding hydrogens is 314 g/mol. The first kappa shape index (κ1) is 18.8. The molecule has 0 aliphatic carbocycles. The highest BCUT2D eigenvalue weighted by Crippen LogP contribution is 2.25. The average Bonchev–Trinajstić information content (AvgIpc) is 2.62. The lowest BCUT2D eigenvalue weighted by Gasteiger charge is -2.22. The first-order valence-electron chi connectivity index (χ1n) is 8.64. The number of benzene rings is 2. The summed E-state index contributed by atoms with van der Waals surface area (Å²) in [5.74, 6) is 1.40. The first-order valence-corrected chi connectivity index (χ1v) is 8.64. The van der Waals surface area contributed by atoms with Crippen LogP contribution in [-0.2, 0) is 4.79 Å². The number of carbonyl (C=O) groups is 1. The molecule has 0 saturated carbocycles. The van der Waals surface area contributed by atoms with Gasteiger partial charge in [0.1, 0.15) is 11.5 Å². The van der Waals surface area contributed by atoms with Gasteiger partial charge in [0.15, 0.2) is 6.10 Å². The van der Waals surface area contributed by atoms with Crippen molar-refractivity contribution < 1.29 is 14.3 Å². The molecule has 0 radical (unpaired) electrons. The minimum absolute atomic E-state index is 0.123. The Bertz CT molecular complexity index is 727. The van der Waals surface area contributed by atoms with Gasteiger partial charge in [-0.3, -0.25) is 4.79 Å². The number of nitrogens with one attached hydrogen (secondary N) is 1. The highest BCUT2D eigenvalue weighted by Gasteiger charge is 2.22. The maximum atomic E-state index is 12.7. The summed E-state index contributed by atoms with van der Waals surface area (Å²) in [7, 11) is 1.63. The molecule has 1 amide bonds. The maximum Gasteiger partial charge on any atom is 0.261 e. The van der Waals surface area contributed by atoms with Gasteiger partial charge in [-0.15, -0.1) is 0 Å². The molecule has 0 spiro atoms. The SMILES string of the molecule is CC[C@H](Oc1cccc(C)c1C)C(=O)N[C@@H](C)c1ccccc1OC. The molecule has 0 aliphatic heterocycles. The van der Waals surface area contributed by atoms with E-state index in [4.69, 9.17) is 9.47 Å². The van der Waals surface area contributed by atoms with E-state index in [1.165, 1.54) is 0 Å². The lowest BCUT2D eigenvalue weighted by Crippen LogP contribution is -2.39. The third-order valence-corrected chi connectivity index (χ3v) is 4.45. The Labute approximate surface area is 150 Å². The molecule has 2 aromatic rings. The Morgan fingerprint density at radius 2 is 1.76 bits per heavy atom. The van der Waals surface area contributed by atoms with Gasteiger partial charge in [0.2, 0.25) is 0 Å². The number of amides is 1. The smallest absolute Gasteiger partial charge is 0.261 e. The van der Waals surface area contributed by atoms with Gasteiger partial charge in [0.05, 0.1) is 13.2 Å². The zero-order chi connectivity index (χ0) is 18.4. The second-order valence-electron chi connectivity index (χ2n) is 6.19. The number of methoxy groups -OCH3 is 1. The van der Waals surface area contributed by atoms with Gasteiger partial charge in [-0.1, -0.05) is 37.3 Å². The van der Waals surface area contributed by atoms with Crippen LogP contribution in [0, 0.1) is 13.8 Å². The van der Waals surface area contributed by atoms with Crippen LogP contribution in [0.2, 0.25) is 0 Å². The highest BCUT2D eigenvalue weighted by atomic mass is 16.5. The fourth-order valence-electron chi connectivity index (χ4n) is 2.74. The summed E-state index contributed by atoms with van der Waals surface area (Å²) in [5.41, 5.74) is 3.15. The molecule has 2 atom stereocenters. The predicted molar refractivity (Wildman–Crippen MR) is 100 cm³/mol. The van der Waals surface area contributed by atoms with Crippen LogP contribution in [0.5, 0.6) is 11.5 Å². The molecule has 4 heteroatoms. The number of hydrogen-bond donors (Lipinski definition) is 1. The molecule has 4 nitrogen and oxygen atoms in total. The number of ether oxygens (including phenoxy) is 2. The largest absolute Gasteiger partial charge is 0.496 e. The Kier molecular flexibility index (Phi) is 6.45. The second-order valence-corrected chi connectivity index (χ2v) is 6.19. The highest BCUT2D eigenvalue weighted by molar-refractivity contribution is 5.81. The summed E-state index contributed by atoms with van der Waals surface area (Å²) in [6, 6.07) is 13.4. The number of aryl methyl sites for hydroxylation is 1. The fourth-order valence-corrected chi connectivity index (χ4v) is 2.74. The van der Waals surface area contributed by atoms with Crippen LogP contribution >= 0.6 is 0 Å². The monoisotopic (exact) mass is 341 g/mol. The van der Waals surface area contributed by atoms with Crippen molar-refractivity contribution in [2.24, 2.45) is 0 Å². The lowest BCUT2D eigenvalue weighted by molar-refractivity contribution is -0.128. The van der Waals surface area contributed by atoms with Crippen molar-refractivity contribution in [1.29, 1.82) is 0 Å². The van der Waals surface area contributed by atoms with Crippen LogP contribution in [-0.4, -0.2) is 19.1 Å². The molecule has 2 rings (SSSR count). The van der Waals surface area contributed by atoms with Gasteiger partial charge in [-0.2, -0.15) is 0 Å². The molecule has 0 saturated heterocycles. The van der Waals surface area contributed by atoms with E-state index in [0.29, 0.717) is 6.42 Å². The average molecular weight is 341 g/mol. The first-order chi connectivity index (χ1) is 12.0. The zero-order valence-corrected chi connectivity index (χ0v) is 15.6. The summed E-state index contributed by atoms with van der Waals surface area (Å²) in [5, 5.41) is 3.03. The van der Waals surface area contributed by atoms with Crippen molar-refractivity contribution in [3.8, 4) is 11.5 Å². The molecule has 0 fully saturated rings. The summed E-state index contributed by atoms with van der Waals surface area (Å²) in [6.07, 6.45) is 0.0652. The molecule has 2 aromatic carbocycles. The summed E-state index contributed by atoms with van der Waals surface area (Å²) in [4.78, 5) is 12.7. The Hall–Kier alpha value is -2.49. The van der Waals surface area contributed by atoms with Crippen LogP contribution in [0.4, 0.5) is 0 Å². The number of para-hydroxylation sites is 1. The molecule has 0 unspecified atom stereocenters. The van der Waals surface area contributed by atoms with Gasteiger partial charge >= 0.3 is 0 Å². The number of hydrogen-bond acceptors (Lipinski definition) is 3. The van der Waals surface area contributed by atoms with Crippen molar-refractivity contribution in [1.82, 2.24) is 5.32 Å². The normalized spacial score (nSPS) is 13.0. The Morgan fingerprint density at radius 3 is 2.44 bits per heavy atom. The number of carbonyl (C=O) groups excluding carboxylic acids is 1. The van der Waals surface area contributed by atoms with Gasteiger partial charge in [-0.25, -0.2) is 0 Å². The van der Waals surface area contributed by atoms with Gasteiger partial charge in [0.25, 0.3) is 5.91 Å². The van der Waals surface area contributed by atoms with Crippen molar-refractivity contribution in [2.45, 2.75) is 46.3 Å². The van der Waals surface area contributed by atoms with E-state index >= 15 is 0 Å². The molecule has 0 bridgehead atoms. The van der Waals surface area contributed by atoms with Crippen LogP contribution in [0.15, 0.2) is 42.5 Å². The second kappa shape index (κ2) is 8.56. The summed E-state index contributed by atoms with van der Waals surface area (Å²) < 4.78 is 11.4. The van der Waals surface area contributed by atoms with Crippen LogP contribution < -0.4 is 14.8 Å². The van der Waals surface area contributed by atoms with E-state index in [-0.39, 0.29) is 11.9 Å². The van der Waals surface area contributed by atoms with Crippen molar-refractivity contribution >= 4 is 5.91 Å². The predicted octanol–water partition coefficient (Wildman–Crippen LogP) is 4.35. The van der Waals surface area contributed by atoms with E-state index in [2.05, 4.69) is 5.32 Å². The van der Waals surface area contributed by atoms with E-state index in [1.807, 2.05) is 70.2 Å². The summed E-state index contributed by atoms with van der Waals surface area (Å²) in [6.45, 7) is 7.93. The van der Waals surface area contributed by atoms with Crippen molar-refractivity contribution in [3.63, 3.8) is 0 Å². The summed E-state index contributed by atoms with van der Waals surface area (Å²) >= 11 is 0.